The fourth-order valence-electron chi connectivity index (χ4n) is 3.06. The van der Waals surface area contributed by atoms with Crippen LogP contribution in [0.5, 0.6) is 5.75 Å². The van der Waals surface area contributed by atoms with Crippen LogP contribution in [0, 0.1) is 5.92 Å². The number of ether oxygens (including phenoxy) is 1. The molecule has 1 aromatic carbocycles. The van der Waals surface area contributed by atoms with E-state index in [2.05, 4.69) is 10.8 Å². The molecule has 0 unspecified atom stereocenters. The van der Waals surface area contributed by atoms with Crippen molar-refractivity contribution in [1.82, 2.24) is 0 Å². The average molecular weight is 324 g/mol. The summed E-state index contributed by atoms with van der Waals surface area (Å²) in [5, 5.41) is 8.59. The van der Waals surface area contributed by atoms with E-state index >= 15 is 0 Å². The minimum atomic E-state index is -2.79. The fourth-order valence-corrected chi connectivity index (χ4v) is 3.06. The van der Waals surface area contributed by atoms with Crippen molar-refractivity contribution in [3.05, 3.63) is 42.0 Å². The van der Waals surface area contributed by atoms with Crippen molar-refractivity contribution in [1.29, 1.82) is 0 Å². The number of rotatable bonds is 7. The maximum atomic E-state index is 12.1. The summed E-state index contributed by atoms with van der Waals surface area (Å²) in [5.74, 6) is 0.400. The monoisotopic (exact) mass is 324 g/mol. The molecule has 0 atom stereocenters. The van der Waals surface area contributed by atoms with E-state index in [4.69, 9.17) is 5.11 Å². The molecule has 1 N–H and O–H groups in total. The Morgan fingerprint density at radius 1 is 1.22 bits per heavy atom. The Bertz CT molecular complexity index is 518. The summed E-state index contributed by atoms with van der Waals surface area (Å²) in [6.07, 6.45) is 9.13. The molecular formula is C18H22F2O3. The summed E-state index contributed by atoms with van der Waals surface area (Å²) < 4.78 is 28.6. The predicted molar refractivity (Wildman–Crippen MR) is 83.8 cm³/mol. The van der Waals surface area contributed by atoms with Crippen LogP contribution in [-0.4, -0.2) is 17.7 Å². The Kier molecular flexibility index (Phi) is 6.56. The number of carbonyl (C=O) groups is 1. The molecule has 0 radical (unpaired) electrons. The molecule has 5 heteroatoms. The lowest BCUT2D eigenvalue weighted by atomic mass is 9.78. The zero-order chi connectivity index (χ0) is 16.7. The Labute approximate surface area is 135 Å². The van der Waals surface area contributed by atoms with E-state index in [9.17, 15) is 13.6 Å². The number of hydrogen-bond acceptors (Lipinski definition) is 2. The maximum absolute atomic E-state index is 12.1. The number of hydrogen-bond donors (Lipinski definition) is 1. The molecule has 0 saturated heterocycles. The van der Waals surface area contributed by atoms with E-state index in [1.807, 2.05) is 18.2 Å². The fraction of sp³-hybridized carbons (Fsp3) is 0.500. The van der Waals surface area contributed by atoms with Crippen molar-refractivity contribution < 1.29 is 23.4 Å². The Hall–Kier alpha value is -1.91. The molecule has 0 aliphatic heterocycles. The summed E-state index contributed by atoms with van der Waals surface area (Å²) in [6.45, 7) is -2.79. The van der Waals surface area contributed by atoms with Crippen molar-refractivity contribution >= 4 is 5.97 Å². The highest BCUT2D eigenvalue weighted by atomic mass is 19.3. The lowest BCUT2D eigenvalue weighted by Gasteiger charge is -2.27. The first-order valence-electron chi connectivity index (χ1n) is 7.98. The number of carboxylic acid groups (broad SMARTS) is 1. The largest absolute Gasteiger partial charge is 0.481 e. The molecule has 0 amide bonds. The van der Waals surface area contributed by atoms with E-state index in [1.165, 1.54) is 5.56 Å². The van der Waals surface area contributed by atoms with Crippen LogP contribution in [0.4, 0.5) is 8.78 Å². The highest BCUT2D eigenvalue weighted by Gasteiger charge is 2.20. The van der Waals surface area contributed by atoms with Gasteiger partial charge in [-0.15, -0.1) is 0 Å². The number of benzene rings is 1. The molecule has 3 nitrogen and oxygen atoms in total. The van der Waals surface area contributed by atoms with Gasteiger partial charge in [0.2, 0.25) is 0 Å². The molecule has 0 bridgehead atoms. The Balaban J connectivity index is 1.78. The number of carboxylic acids is 1. The lowest BCUT2D eigenvalue weighted by molar-refractivity contribution is -0.136. The van der Waals surface area contributed by atoms with Gasteiger partial charge in [-0.05, 0) is 61.6 Å². The van der Waals surface area contributed by atoms with Gasteiger partial charge < -0.3 is 9.84 Å². The third-order valence-corrected chi connectivity index (χ3v) is 4.28. The highest BCUT2D eigenvalue weighted by molar-refractivity contribution is 5.66. The van der Waals surface area contributed by atoms with Crippen LogP contribution < -0.4 is 4.74 Å². The first-order chi connectivity index (χ1) is 11.0. The van der Waals surface area contributed by atoms with Crippen molar-refractivity contribution in [2.75, 3.05) is 0 Å². The average Bonchev–Trinajstić information content (AvgIpc) is 2.52. The first-order valence-corrected chi connectivity index (χ1v) is 7.98. The van der Waals surface area contributed by atoms with Crippen LogP contribution in [0.25, 0.3) is 0 Å². The molecule has 2 rings (SSSR count). The van der Waals surface area contributed by atoms with Gasteiger partial charge >= 0.3 is 12.6 Å². The quantitative estimate of drug-likeness (QED) is 0.719. The number of alkyl halides is 2. The molecule has 126 valence electrons. The van der Waals surface area contributed by atoms with E-state index < -0.39 is 12.6 Å². The second-order valence-corrected chi connectivity index (χ2v) is 5.92. The van der Waals surface area contributed by atoms with Crippen LogP contribution >= 0.6 is 0 Å². The normalized spacial score (nSPS) is 21.7. The summed E-state index contributed by atoms with van der Waals surface area (Å²) in [4.78, 5) is 10.4. The van der Waals surface area contributed by atoms with E-state index in [0.717, 1.165) is 25.7 Å². The summed E-state index contributed by atoms with van der Waals surface area (Å²) in [6, 6.07) is 6.93. The lowest BCUT2D eigenvalue weighted by Crippen LogP contribution is -2.11. The van der Waals surface area contributed by atoms with Gasteiger partial charge in [-0.25, -0.2) is 0 Å². The van der Waals surface area contributed by atoms with Gasteiger partial charge in [0.25, 0.3) is 0 Å². The highest BCUT2D eigenvalue weighted by Crippen LogP contribution is 2.36. The molecule has 1 aliphatic rings. The van der Waals surface area contributed by atoms with Gasteiger partial charge in [-0.3, -0.25) is 4.79 Å². The zero-order valence-corrected chi connectivity index (χ0v) is 13.0. The van der Waals surface area contributed by atoms with Gasteiger partial charge in [0.15, 0.2) is 0 Å². The van der Waals surface area contributed by atoms with Crippen LogP contribution in [0.1, 0.15) is 50.0 Å². The molecule has 0 spiro atoms. The van der Waals surface area contributed by atoms with Gasteiger partial charge in [0.1, 0.15) is 5.75 Å². The van der Waals surface area contributed by atoms with Crippen molar-refractivity contribution in [2.45, 2.75) is 51.1 Å². The van der Waals surface area contributed by atoms with E-state index in [-0.39, 0.29) is 12.2 Å². The topological polar surface area (TPSA) is 46.5 Å². The van der Waals surface area contributed by atoms with Crippen LogP contribution in [0.3, 0.4) is 0 Å². The third-order valence-electron chi connectivity index (χ3n) is 4.28. The van der Waals surface area contributed by atoms with Gasteiger partial charge in [-0.2, -0.15) is 8.78 Å². The molecule has 0 heterocycles. The smallest absolute Gasteiger partial charge is 0.387 e. The van der Waals surface area contributed by atoms with Gasteiger partial charge in [-0.1, -0.05) is 24.3 Å². The minimum absolute atomic E-state index is 0.179. The number of halogens is 2. The van der Waals surface area contributed by atoms with Crippen molar-refractivity contribution in [3.63, 3.8) is 0 Å². The van der Waals surface area contributed by atoms with Crippen LogP contribution in [0.15, 0.2) is 36.4 Å². The van der Waals surface area contributed by atoms with E-state index in [1.54, 1.807) is 12.1 Å². The number of aliphatic carboxylic acids is 1. The third kappa shape index (κ3) is 6.00. The molecule has 0 aromatic heterocycles. The van der Waals surface area contributed by atoms with Gasteiger partial charge in [0, 0.05) is 6.42 Å². The molecular weight excluding hydrogens is 302 g/mol. The second kappa shape index (κ2) is 8.65. The van der Waals surface area contributed by atoms with Crippen molar-refractivity contribution in [3.8, 4) is 5.75 Å². The number of allylic oxidation sites excluding steroid dienone is 2. The van der Waals surface area contributed by atoms with Crippen LogP contribution in [-0.2, 0) is 4.79 Å². The molecule has 1 saturated carbocycles. The standard InChI is InChI=1S/C18H22F2O3/c19-18(20)23-16-11-9-15(10-12-16)14-7-5-13(6-8-14)3-1-2-4-17(21)22/h1,3,9-14,18H,2,4-8H2,(H,21,22). The molecule has 1 aliphatic carbocycles. The molecule has 1 fully saturated rings. The predicted octanol–water partition coefficient (Wildman–Crippen LogP) is 4.98. The SMILES string of the molecule is O=C(O)CCC=CC1CCC(c2ccc(OC(F)F)cc2)CC1. The van der Waals surface area contributed by atoms with Crippen LogP contribution in [0.2, 0.25) is 0 Å². The Morgan fingerprint density at radius 2 is 1.87 bits per heavy atom. The second-order valence-electron chi connectivity index (χ2n) is 5.92. The Morgan fingerprint density at radius 3 is 2.43 bits per heavy atom. The van der Waals surface area contributed by atoms with Crippen molar-refractivity contribution in [2.24, 2.45) is 5.92 Å². The summed E-state index contributed by atoms with van der Waals surface area (Å²) >= 11 is 0. The first kappa shape index (κ1) is 17.4. The molecule has 1 aromatic rings. The summed E-state index contributed by atoms with van der Waals surface area (Å²) in [7, 11) is 0. The minimum Gasteiger partial charge on any atom is -0.481 e. The molecule has 23 heavy (non-hydrogen) atoms. The van der Waals surface area contributed by atoms with Gasteiger partial charge in [0.05, 0.1) is 0 Å². The van der Waals surface area contributed by atoms with E-state index in [0.29, 0.717) is 18.3 Å². The maximum Gasteiger partial charge on any atom is 0.387 e. The zero-order valence-electron chi connectivity index (χ0n) is 13.0. The summed E-state index contributed by atoms with van der Waals surface area (Å²) in [5.41, 5.74) is 1.17.